The highest BCUT2D eigenvalue weighted by Gasteiger charge is 2.25. The van der Waals surface area contributed by atoms with Gasteiger partial charge in [-0.1, -0.05) is 32.0 Å². The number of hydrogen-bond acceptors (Lipinski definition) is 3. The molecule has 1 aromatic rings. The maximum Gasteiger partial charge on any atom is 0.227 e. The van der Waals surface area contributed by atoms with E-state index in [0.717, 1.165) is 63.5 Å². The number of para-hydroxylation sites is 1. The van der Waals surface area contributed by atoms with Gasteiger partial charge in [0.15, 0.2) is 5.96 Å². The summed E-state index contributed by atoms with van der Waals surface area (Å²) in [5, 5.41) is 6.81. The summed E-state index contributed by atoms with van der Waals surface area (Å²) in [4.78, 5) is 33.4. The Labute approximate surface area is 186 Å². The van der Waals surface area contributed by atoms with E-state index in [9.17, 15) is 9.59 Å². The number of piperidine rings is 1. The molecule has 7 heteroatoms. The number of carbonyl (C=O) groups is 2. The second-order valence-corrected chi connectivity index (χ2v) is 8.69. The van der Waals surface area contributed by atoms with Crippen molar-refractivity contribution in [3.63, 3.8) is 0 Å². The summed E-state index contributed by atoms with van der Waals surface area (Å²) in [5.74, 6) is 1.28. The molecule has 0 aliphatic carbocycles. The molecule has 0 atom stereocenters. The molecule has 2 N–H and O–H groups in total. The molecular weight excluding hydrogens is 390 g/mol. The van der Waals surface area contributed by atoms with Crippen LogP contribution in [0.25, 0.3) is 0 Å². The molecule has 0 saturated carbocycles. The van der Waals surface area contributed by atoms with Gasteiger partial charge in [-0.25, -0.2) is 0 Å². The van der Waals surface area contributed by atoms with Gasteiger partial charge in [-0.3, -0.25) is 14.6 Å². The molecule has 0 aromatic heterocycles. The summed E-state index contributed by atoms with van der Waals surface area (Å²) in [6.45, 7) is 9.73. The van der Waals surface area contributed by atoms with E-state index in [-0.39, 0.29) is 17.7 Å². The summed E-state index contributed by atoms with van der Waals surface area (Å²) in [6.07, 6.45) is 4.03. The van der Waals surface area contributed by atoms with Crippen LogP contribution in [0.15, 0.2) is 29.3 Å². The number of nitrogens with one attached hydrogen (secondary N) is 2. The Morgan fingerprint density at radius 2 is 1.90 bits per heavy atom. The van der Waals surface area contributed by atoms with Crippen molar-refractivity contribution in [1.29, 1.82) is 0 Å². The van der Waals surface area contributed by atoms with Crippen LogP contribution in [-0.2, 0) is 16.0 Å². The van der Waals surface area contributed by atoms with E-state index in [1.807, 2.05) is 41.8 Å². The predicted octanol–water partition coefficient (Wildman–Crippen LogP) is 2.56. The first-order valence-electron chi connectivity index (χ1n) is 11.7. The zero-order chi connectivity index (χ0) is 22.2. The van der Waals surface area contributed by atoms with E-state index in [1.165, 1.54) is 5.56 Å². The SMILES string of the molecule is CCNC(=NCCCC(=O)N1CCc2ccccc21)NC1CCN(C(=O)C(C)C)CC1. The number of carbonyl (C=O) groups excluding carboxylic acids is 2. The Morgan fingerprint density at radius 3 is 2.61 bits per heavy atom. The second kappa shape index (κ2) is 11.2. The fourth-order valence-electron chi connectivity index (χ4n) is 4.28. The molecule has 3 rings (SSSR count). The maximum absolute atomic E-state index is 12.6. The molecule has 0 bridgehead atoms. The van der Waals surface area contributed by atoms with Crippen LogP contribution in [0.2, 0.25) is 0 Å². The molecule has 1 fully saturated rings. The minimum Gasteiger partial charge on any atom is -0.357 e. The molecule has 1 aromatic carbocycles. The number of fused-ring (bicyclic) bond motifs is 1. The third-order valence-electron chi connectivity index (χ3n) is 5.99. The van der Waals surface area contributed by atoms with Crippen LogP contribution in [-0.4, -0.2) is 61.4 Å². The first kappa shape index (κ1) is 23.1. The number of hydrogen-bond donors (Lipinski definition) is 2. The van der Waals surface area contributed by atoms with Gasteiger partial charge in [-0.05, 0) is 44.2 Å². The summed E-state index contributed by atoms with van der Waals surface area (Å²) in [7, 11) is 0. The topological polar surface area (TPSA) is 77.0 Å². The number of benzene rings is 1. The predicted molar refractivity (Wildman–Crippen MR) is 125 cm³/mol. The molecule has 0 unspecified atom stereocenters. The number of rotatable bonds is 7. The summed E-state index contributed by atoms with van der Waals surface area (Å²) in [6, 6.07) is 8.47. The average Bonchev–Trinajstić information content (AvgIpc) is 3.21. The Hall–Kier alpha value is -2.57. The summed E-state index contributed by atoms with van der Waals surface area (Å²) in [5.41, 5.74) is 2.32. The van der Waals surface area contributed by atoms with Gasteiger partial charge in [-0.15, -0.1) is 0 Å². The number of nitrogens with zero attached hydrogens (tertiary/aromatic N) is 3. The lowest BCUT2D eigenvalue weighted by Crippen LogP contribution is -2.50. The van der Waals surface area contributed by atoms with Crippen LogP contribution >= 0.6 is 0 Å². The maximum atomic E-state index is 12.6. The second-order valence-electron chi connectivity index (χ2n) is 8.69. The van der Waals surface area contributed by atoms with E-state index in [4.69, 9.17) is 0 Å². The summed E-state index contributed by atoms with van der Waals surface area (Å²) < 4.78 is 0. The lowest BCUT2D eigenvalue weighted by Gasteiger charge is -2.34. The molecule has 2 aliphatic heterocycles. The number of guanidine groups is 1. The number of aliphatic imine (C=N–C) groups is 1. The molecule has 2 aliphatic rings. The van der Waals surface area contributed by atoms with E-state index >= 15 is 0 Å². The minimum atomic E-state index is 0.0557. The highest BCUT2D eigenvalue weighted by atomic mass is 16.2. The van der Waals surface area contributed by atoms with Crippen molar-refractivity contribution in [3.8, 4) is 0 Å². The van der Waals surface area contributed by atoms with Gasteiger partial charge in [0.05, 0.1) is 0 Å². The molecule has 2 amide bonds. The van der Waals surface area contributed by atoms with Crippen molar-refractivity contribution in [2.45, 2.75) is 58.9 Å². The lowest BCUT2D eigenvalue weighted by atomic mass is 10.0. The Balaban J connectivity index is 1.43. The van der Waals surface area contributed by atoms with Crippen LogP contribution in [0.1, 0.15) is 52.0 Å². The van der Waals surface area contributed by atoms with Crippen molar-refractivity contribution >= 4 is 23.5 Å². The third kappa shape index (κ3) is 6.21. The number of likely N-dealkylation sites (tertiary alicyclic amines) is 1. The van der Waals surface area contributed by atoms with Gasteiger partial charge in [0.1, 0.15) is 0 Å². The van der Waals surface area contributed by atoms with Gasteiger partial charge in [0.2, 0.25) is 11.8 Å². The van der Waals surface area contributed by atoms with Crippen molar-refractivity contribution in [2.24, 2.45) is 10.9 Å². The number of anilines is 1. The molecule has 0 radical (unpaired) electrons. The minimum absolute atomic E-state index is 0.0557. The van der Waals surface area contributed by atoms with Gasteiger partial charge in [-0.2, -0.15) is 0 Å². The monoisotopic (exact) mass is 427 g/mol. The molecule has 7 nitrogen and oxygen atoms in total. The Bertz CT molecular complexity index is 784. The highest BCUT2D eigenvalue weighted by Crippen LogP contribution is 2.28. The molecule has 0 spiro atoms. The van der Waals surface area contributed by atoms with Gasteiger partial charge in [0.25, 0.3) is 0 Å². The normalized spacial score (nSPS) is 17.1. The first-order chi connectivity index (χ1) is 15.0. The van der Waals surface area contributed by atoms with Crippen molar-refractivity contribution in [3.05, 3.63) is 29.8 Å². The van der Waals surface area contributed by atoms with Crippen LogP contribution in [0.4, 0.5) is 5.69 Å². The highest BCUT2D eigenvalue weighted by molar-refractivity contribution is 5.95. The Morgan fingerprint density at radius 1 is 1.16 bits per heavy atom. The lowest BCUT2D eigenvalue weighted by molar-refractivity contribution is -0.135. The van der Waals surface area contributed by atoms with Crippen molar-refractivity contribution in [1.82, 2.24) is 15.5 Å². The fraction of sp³-hybridized carbons (Fsp3) is 0.625. The van der Waals surface area contributed by atoms with Crippen LogP contribution in [0.5, 0.6) is 0 Å². The molecule has 170 valence electrons. The Kier molecular flexibility index (Phi) is 8.32. The van der Waals surface area contributed by atoms with E-state index in [1.54, 1.807) is 0 Å². The van der Waals surface area contributed by atoms with Gasteiger partial charge >= 0.3 is 0 Å². The van der Waals surface area contributed by atoms with E-state index < -0.39 is 0 Å². The van der Waals surface area contributed by atoms with Crippen LogP contribution < -0.4 is 15.5 Å². The first-order valence-corrected chi connectivity index (χ1v) is 11.7. The third-order valence-corrected chi connectivity index (χ3v) is 5.99. The van der Waals surface area contributed by atoms with E-state index in [2.05, 4.69) is 28.6 Å². The molecule has 2 heterocycles. The molecule has 31 heavy (non-hydrogen) atoms. The molecule has 1 saturated heterocycles. The number of amides is 2. The van der Waals surface area contributed by atoms with Gasteiger partial charge < -0.3 is 20.4 Å². The van der Waals surface area contributed by atoms with Gasteiger partial charge in [0, 0.05) is 56.8 Å². The zero-order valence-electron chi connectivity index (χ0n) is 19.2. The standard InChI is InChI=1S/C24H37N5O2/c1-4-25-24(27-20-12-15-28(16-13-20)23(31)18(2)3)26-14-7-10-22(30)29-17-11-19-8-5-6-9-21(19)29/h5-6,8-9,18,20H,4,7,10-17H2,1-3H3,(H2,25,26,27). The van der Waals surface area contributed by atoms with Crippen molar-refractivity contribution in [2.75, 3.05) is 37.6 Å². The zero-order valence-corrected chi connectivity index (χ0v) is 19.2. The van der Waals surface area contributed by atoms with Crippen LogP contribution in [0, 0.1) is 5.92 Å². The summed E-state index contributed by atoms with van der Waals surface area (Å²) >= 11 is 0. The fourth-order valence-corrected chi connectivity index (χ4v) is 4.28. The quantitative estimate of drug-likeness (QED) is 0.398. The molecular formula is C24H37N5O2. The smallest absolute Gasteiger partial charge is 0.227 e. The van der Waals surface area contributed by atoms with Crippen molar-refractivity contribution < 1.29 is 9.59 Å². The average molecular weight is 428 g/mol. The largest absolute Gasteiger partial charge is 0.357 e. The van der Waals surface area contributed by atoms with E-state index in [0.29, 0.717) is 19.0 Å². The van der Waals surface area contributed by atoms with Crippen LogP contribution in [0.3, 0.4) is 0 Å².